The highest BCUT2D eigenvalue weighted by molar-refractivity contribution is 5.20. The van der Waals surface area contributed by atoms with E-state index >= 15 is 0 Å². The second-order valence-corrected chi connectivity index (χ2v) is 4.40. The lowest BCUT2D eigenvalue weighted by Crippen LogP contribution is -2.40. The predicted molar refractivity (Wildman–Crippen MR) is 66.6 cm³/mol. The van der Waals surface area contributed by atoms with Crippen LogP contribution in [0.4, 0.5) is 5.95 Å². The minimum atomic E-state index is 0.105. The Morgan fingerprint density at radius 3 is 2.78 bits per heavy atom. The zero-order chi connectivity index (χ0) is 13.0. The molecule has 18 heavy (non-hydrogen) atoms. The number of nitrogens with zero attached hydrogens (tertiary/aromatic N) is 4. The van der Waals surface area contributed by atoms with Gasteiger partial charge in [0.2, 0.25) is 5.95 Å². The second kappa shape index (κ2) is 5.81. The highest BCUT2D eigenvalue weighted by Gasteiger charge is 2.20. The van der Waals surface area contributed by atoms with Crippen molar-refractivity contribution in [1.82, 2.24) is 19.9 Å². The van der Waals surface area contributed by atoms with Gasteiger partial charge in [-0.05, 0) is 26.4 Å². The monoisotopic (exact) mass is 253 g/mol. The normalized spacial score (nSPS) is 20.7. The van der Waals surface area contributed by atoms with Gasteiger partial charge < -0.3 is 20.1 Å². The Morgan fingerprint density at radius 1 is 1.28 bits per heavy atom. The van der Waals surface area contributed by atoms with E-state index < -0.39 is 0 Å². The van der Waals surface area contributed by atoms with Gasteiger partial charge >= 0.3 is 12.0 Å². The summed E-state index contributed by atoms with van der Waals surface area (Å²) in [5, 5.41) is 0. The molecule has 0 aliphatic carbocycles. The largest absolute Gasteiger partial charge is 0.467 e. The van der Waals surface area contributed by atoms with Crippen molar-refractivity contribution in [3.05, 3.63) is 0 Å². The van der Waals surface area contributed by atoms with Crippen molar-refractivity contribution in [2.24, 2.45) is 0 Å². The van der Waals surface area contributed by atoms with E-state index in [1.807, 2.05) is 0 Å². The standard InChI is InChI=1S/C11H19N5O2/c1-16-6-4-3-5-8(16)7-18-11-14-9(12)13-10(15-11)17-2/h8H,3-7H2,1-2H3,(H2,12,13,14,15). The van der Waals surface area contributed by atoms with Gasteiger partial charge in [0, 0.05) is 6.04 Å². The highest BCUT2D eigenvalue weighted by atomic mass is 16.5. The minimum Gasteiger partial charge on any atom is -0.467 e. The third-order valence-electron chi connectivity index (χ3n) is 3.12. The van der Waals surface area contributed by atoms with Crippen LogP contribution < -0.4 is 15.2 Å². The van der Waals surface area contributed by atoms with Crippen LogP contribution in [-0.2, 0) is 0 Å². The van der Waals surface area contributed by atoms with Crippen molar-refractivity contribution in [3.8, 4) is 12.0 Å². The molecule has 0 amide bonds. The number of ether oxygens (including phenoxy) is 2. The number of nitrogen functional groups attached to an aromatic ring is 1. The number of hydrogen-bond acceptors (Lipinski definition) is 7. The molecule has 7 heteroatoms. The predicted octanol–water partition coefficient (Wildman–Crippen LogP) is 0.325. The van der Waals surface area contributed by atoms with Crippen LogP contribution in [0.15, 0.2) is 0 Å². The number of likely N-dealkylation sites (tertiary alicyclic amines) is 1. The minimum absolute atomic E-state index is 0.105. The topological polar surface area (TPSA) is 86.4 Å². The van der Waals surface area contributed by atoms with Gasteiger partial charge in [0.05, 0.1) is 7.11 Å². The Kier molecular flexibility index (Phi) is 4.14. The summed E-state index contributed by atoms with van der Waals surface area (Å²) in [4.78, 5) is 14.0. The molecule has 0 aromatic carbocycles. The van der Waals surface area contributed by atoms with Gasteiger partial charge in [-0.25, -0.2) is 0 Å². The van der Waals surface area contributed by atoms with E-state index in [2.05, 4.69) is 26.9 Å². The van der Waals surface area contributed by atoms with Crippen LogP contribution in [-0.4, -0.2) is 53.2 Å². The van der Waals surface area contributed by atoms with Crippen LogP contribution >= 0.6 is 0 Å². The maximum atomic E-state index is 5.58. The molecular formula is C11H19N5O2. The van der Waals surface area contributed by atoms with Crippen molar-refractivity contribution >= 4 is 5.95 Å². The Labute approximate surface area is 106 Å². The molecule has 7 nitrogen and oxygen atoms in total. The van der Waals surface area contributed by atoms with E-state index in [0.29, 0.717) is 12.6 Å². The molecule has 1 aromatic rings. The molecule has 0 saturated carbocycles. The van der Waals surface area contributed by atoms with Crippen LogP contribution in [0.2, 0.25) is 0 Å². The Bertz CT molecular complexity index is 401. The van der Waals surface area contributed by atoms with Crippen LogP contribution in [0, 0.1) is 0 Å². The molecule has 1 aliphatic rings. The molecule has 1 saturated heterocycles. The first-order chi connectivity index (χ1) is 8.69. The van der Waals surface area contributed by atoms with E-state index in [1.54, 1.807) is 0 Å². The molecule has 2 N–H and O–H groups in total. The number of likely N-dealkylation sites (N-methyl/N-ethyl adjacent to an activating group) is 1. The Balaban J connectivity index is 1.94. The number of methoxy groups -OCH3 is 1. The maximum Gasteiger partial charge on any atom is 0.324 e. The molecule has 2 rings (SSSR count). The number of rotatable bonds is 4. The fraction of sp³-hybridized carbons (Fsp3) is 0.727. The van der Waals surface area contributed by atoms with Gasteiger partial charge in [0.15, 0.2) is 0 Å². The molecule has 1 aromatic heterocycles. The molecule has 0 radical (unpaired) electrons. The third-order valence-corrected chi connectivity index (χ3v) is 3.12. The van der Waals surface area contributed by atoms with Crippen molar-refractivity contribution in [1.29, 1.82) is 0 Å². The first kappa shape index (κ1) is 12.8. The lowest BCUT2D eigenvalue weighted by atomic mass is 10.0. The first-order valence-electron chi connectivity index (χ1n) is 6.07. The second-order valence-electron chi connectivity index (χ2n) is 4.40. The van der Waals surface area contributed by atoms with Crippen molar-refractivity contribution in [3.63, 3.8) is 0 Å². The molecule has 1 unspecified atom stereocenters. The summed E-state index contributed by atoms with van der Waals surface area (Å²) in [7, 11) is 3.59. The quantitative estimate of drug-likeness (QED) is 0.827. The molecule has 100 valence electrons. The van der Waals surface area contributed by atoms with E-state index in [1.165, 1.54) is 20.0 Å². The summed E-state index contributed by atoms with van der Waals surface area (Å²) < 4.78 is 10.5. The molecule has 0 bridgehead atoms. The molecular weight excluding hydrogens is 234 g/mol. The Morgan fingerprint density at radius 2 is 2.06 bits per heavy atom. The van der Waals surface area contributed by atoms with Crippen LogP contribution in [0.1, 0.15) is 19.3 Å². The van der Waals surface area contributed by atoms with Gasteiger partial charge in [0.1, 0.15) is 6.61 Å². The zero-order valence-corrected chi connectivity index (χ0v) is 10.8. The molecule has 1 aliphatic heterocycles. The zero-order valence-electron chi connectivity index (χ0n) is 10.8. The summed E-state index contributed by atoms with van der Waals surface area (Å²) in [5.41, 5.74) is 5.54. The highest BCUT2D eigenvalue weighted by Crippen LogP contribution is 2.16. The average Bonchev–Trinajstić information content (AvgIpc) is 2.37. The summed E-state index contributed by atoms with van der Waals surface area (Å²) in [6.45, 7) is 1.67. The van der Waals surface area contributed by atoms with Gasteiger partial charge in [-0.2, -0.15) is 9.97 Å². The smallest absolute Gasteiger partial charge is 0.324 e. The molecule has 1 fully saturated rings. The van der Waals surface area contributed by atoms with Gasteiger partial charge in [-0.15, -0.1) is 4.98 Å². The fourth-order valence-corrected chi connectivity index (χ4v) is 2.03. The summed E-state index contributed by atoms with van der Waals surface area (Å²) in [6, 6.07) is 0.801. The first-order valence-corrected chi connectivity index (χ1v) is 6.07. The van der Waals surface area contributed by atoms with Crippen molar-refractivity contribution < 1.29 is 9.47 Å². The van der Waals surface area contributed by atoms with Crippen molar-refractivity contribution in [2.75, 3.05) is 33.0 Å². The summed E-state index contributed by atoms with van der Waals surface area (Å²) >= 11 is 0. The van der Waals surface area contributed by atoms with Crippen LogP contribution in [0.3, 0.4) is 0 Å². The lowest BCUT2D eigenvalue weighted by Gasteiger charge is -2.31. The number of anilines is 1. The van der Waals surface area contributed by atoms with Gasteiger partial charge in [-0.1, -0.05) is 6.42 Å². The number of nitrogens with two attached hydrogens (primary N) is 1. The van der Waals surface area contributed by atoms with Crippen molar-refractivity contribution in [2.45, 2.75) is 25.3 Å². The van der Waals surface area contributed by atoms with Crippen LogP contribution in [0.25, 0.3) is 0 Å². The van der Waals surface area contributed by atoms with E-state index in [4.69, 9.17) is 15.2 Å². The van der Waals surface area contributed by atoms with E-state index in [-0.39, 0.29) is 18.0 Å². The SMILES string of the molecule is COc1nc(N)nc(OCC2CCCCN2C)n1. The van der Waals surface area contributed by atoms with Gasteiger partial charge in [0.25, 0.3) is 0 Å². The van der Waals surface area contributed by atoms with E-state index in [0.717, 1.165) is 13.0 Å². The van der Waals surface area contributed by atoms with Crippen LogP contribution in [0.5, 0.6) is 12.0 Å². The molecule has 1 atom stereocenters. The summed E-state index contributed by atoms with van der Waals surface area (Å²) in [5.74, 6) is 0.105. The average molecular weight is 253 g/mol. The summed E-state index contributed by atoms with van der Waals surface area (Å²) in [6.07, 6.45) is 3.62. The number of hydrogen-bond donors (Lipinski definition) is 1. The maximum absolute atomic E-state index is 5.58. The number of aromatic nitrogens is 3. The van der Waals surface area contributed by atoms with E-state index in [9.17, 15) is 0 Å². The molecule has 0 spiro atoms. The Hall–Kier alpha value is -1.63. The number of piperidine rings is 1. The fourth-order valence-electron chi connectivity index (χ4n) is 2.03. The van der Waals surface area contributed by atoms with Gasteiger partial charge in [-0.3, -0.25) is 0 Å². The molecule has 2 heterocycles. The third kappa shape index (κ3) is 3.19. The lowest BCUT2D eigenvalue weighted by molar-refractivity contribution is 0.119.